The van der Waals surface area contributed by atoms with Crippen molar-refractivity contribution in [2.24, 2.45) is 0 Å². The van der Waals surface area contributed by atoms with Gasteiger partial charge in [0.1, 0.15) is 30.0 Å². The molecule has 1 unspecified atom stereocenters. The second-order valence-electron chi connectivity index (χ2n) is 10.4. The highest BCUT2D eigenvalue weighted by Crippen LogP contribution is 2.41. The van der Waals surface area contributed by atoms with E-state index in [9.17, 15) is 10.2 Å². The van der Waals surface area contributed by atoms with Crippen LogP contribution in [0.3, 0.4) is 0 Å². The van der Waals surface area contributed by atoms with E-state index in [2.05, 4.69) is 23.1 Å². The second-order valence-corrected chi connectivity index (χ2v) is 10.4. The first-order valence-corrected chi connectivity index (χ1v) is 13.6. The van der Waals surface area contributed by atoms with E-state index >= 15 is 0 Å². The first-order valence-electron chi connectivity index (χ1n) is 13.6. The average Bonchev–Trinajstić information content (AvgIpc) is 2.92. The Balaban J connectivity index is 1.49. The first-order chi connectivity index (χ1) is 18.5. The van der Waals surface area contributed by atoms with E-state index in [-0.39, 0.29) is 23.7 Å². The van der Waals surface area contributed by atoms with Crippen LogP contribution in [-0.4, -0.2) is 47.5 Å². The molecule has 1 aliphatic heterocycles. The SMILES string of the molecule is CC(C)OC(c1ccc(OCCN2CCCCC2)cc1)c1c(-c2ccc(O)cc2)ccc2cc(O)ccc12. The molecule has 0 amide bonds. The zero-order chi connectivity index (χ0) is 26.5. The van der Waals surface area contributed by atoms with Crippen LogP contribution < -0.4 is 4.74 Å². The monoisotopic (exact) mass is 511 g/mol. The zero-order valence-electron chi connectivity index (χ0n) is 22.3. The molecule has 4 aromatic rings. The van der Waals surface area contributed by atoms with Crippen molar-refractivity contribution in [2.45, 2.75) is 45.3 Å². The van der Waals surface area contributed by atoms with Gasteiger partial charge < -0.3 is 19.7 Å². The fourth-order valence-corrected chi connectivity index (χ4v) is 5.32. The number of nitrogens with zero attached hydrogens (tertiary/aromatic N) is 1. The summed E-state index contributed by atoms with van der Waals surface area (Å²) in [6.07, 6.45) is 3.55. The molecule has 4 aromatic carbocycles. The van der Waals surface area contributed by atoms with Gasteiger partial charge in [-0.1, -0.05) is 48.9 Å². The summed E-state index contributed by atoms with van der Waals surface area (Å²) in [5.74, 6) is 1.32. The maximum Gasteiger partial charge on any atom is 0.119 e. The Bertz CT molecular complexity index is 1340. The molecule has 1 aliphatic rings. The van der Waals surface area contributed by atoms with E-state index in [1.807, 2.05) is 50.2 Å². The van der Waals surface area contributed by atoms with E-state index in [4.69, 9.17) is 9.47 Å². The lowest BCUT2D eigenvalue weighted by atomic mass is 9.88. The van der Waals surface area contributed by atoms with Gasteiger partial charge >= 0.3 is 0 Å². The Labute approximate surface area is 225 Å². The van der Waals surface area contributed by atoms with Crippen molar-refractivity contribution in [1.29, 1.82) is 0 Å². The fraction of sp³-hybridized carbons (Fsp3) is 0.333. The predicted octanol–water partition coefficient (Wildman–Crippen LogP) is 7.30. The van der Waals surface area contributed by atoms with E-state index in [1.54, 1.807) is 24.3 Å². The van der Waals surface area contributed by atoms with E-state index in [0.29, 0.717) is 6.61 Å². The van der Waals surface area contributed by atoms with E-state index < -0.39 is 0 Å². The van der Waals surface area contributed by atoms with Crippen molar-refractivity contribution < 1.29 is 19.7 Å². The van der Waals surface area contributed by atoms with Crippen LogP contribution in [0.25, 0.3) is 21.9 Å². The van der Waals surface area contributed by atoms with E-state index in [0.717, 1.165) is 45.3 Å². The van der Waals surface area contributed by atoms with Gasteiger partial charge in [0, 0.05) is 12.1 Å². The summed E-state index contributed by atoms with van der Waals surface area (Å²) in [6.45, 7) is 8.07. The third-order valence-corrected chi connectivity index (χ3v) is 7.20. The van der Waals surface area contributed by atoms with Crippen molar-refractivity contribution in [2.75, 3.05) is 26.2 Å². The molecule has 5 rings (SSSR count). The molecule has 2 N–H and O–H groups in total. The number of likely N-dealkylation sites (tertiary alicyclic amines) is 1. The Hall–Kier alpha value is -3.54. The molecule has 1 atom stereocenters. The minimum Gasteiger partial charge on any atom is -0.508 e. The molecule has 1 heterocycles. The van der Waals surface area contributed by atoms with Gasteiger partial charge in [0.15, 0.2) is 0 Å². The van der Waals surface area contributed by atoms with Crippen LogP contribution in [0, 0.1) is 0 Å². The van der Waals surface area contributed by atoms with Crippen LogP contribution in [0.15, 0.2) is 78.9 Å². The third kappa shape index (κ3) is 6.12. The highest BCUT2D eigenvalue weighted by molar-refractivity contribution is 5.93. The number of benzene rings is 4. The molecule has 0 spiro atoms. The standard InChI is InChI=1S/C33H37NO4/c1-23(2)38-33(25-8-14-29(15-9-25)37-21-20-34-18-4-3-5-19-34)32-30(24-6-11-27(35)12-7-24)16-10-26-22-28(36)13-17-31(26)32/h6-17,22-23,33,35-36H,3-5,18-21H2,1-2H3. The summed E-state index contributed by atoms with van der Waals surface area (Å²) in [4.78, 5) is 2.48. The largest absolute Gasteiger partial charge is 0.508 e. The molecule has 1 fully saturated rings. The summed E-state index contributed by atoms with van der Waals surface area (Å²) in [7, 11) is 0. The summed E-state index contributed by atoms with van der Waals surface area (Å²) >= 11 is 0. The van der Waals surface area contributed by atoms with E-state index in [1.165, 1.54) is 32.4 Å². The molecule has 0 saturated carbocycles. The van der Waals surface area contributed by atoms with Crippen LogP contribution >= 0.6 is 0 Å². The Morgan fingerprint density at radius 2 is 1.50 bits per heavy atom. The lowest BCUT2D eigenvalue weighted by molar-refractivity contribution is 0.0314. The van der Waals surface area contributed by atoms with Crippen LogP contribution in [-0.2, 0) is 4.74 Å². The van der Waals surface area contributed by atoms with Gasteiger partial charge in [-0.15, -0.1) is 0 Å². The number of fused-ring (bicyclic) bond motifs is 1. The zero-order valence-corrected chi connectivity index (χ0v) is 22.3. The molecular weight excluding hydrogens is 474 g/mol. The number of aromatic hydroxyl groups is 2. The number of phenolic OH excluding ortho intramolecular Hbond substituents is 2. The van der Waals surface area contributed by atoms with Crippen molar-refractivity contribution in [3.63, 3.8) is 0 Å². The average molecular weight is 512 g/mol. The van der Waals surface area contributed by atoms with Gasteiger partial charge in [-0.3, -0.25) is 4.90 Å². The minimum atomic E-state index is -0.338. The van der Waals surface area contributed by atoms with Gasteiger partial charge in [0.25, 0.3) is 0 Å². The van der Waals surface area contributed by atoms with Crippen molar-refractivity contribution in [3.8, 4) is 28.4 Å². The number of hydrogen-bond donors (Lipinski definition) is 2. The van der Waals surface area contributed by atoms with Gasteiger partial charge in [-0.05, 0) is 104 Å². The molecule has 5 heteroatoms. The highest BCUT2D eigenvalue weighted by Gasteiger charge is 2.24. The lowest BCUT2D eigenvalue weighted by Crippen LogP contribution is -2.33. The molecule has 0 aromatic heterocycles. The smallest absolute Gasteiger partial charge is 0.119 e. The van der Waals surface area contributed by atoms with Crippen molar-refractivity contribution in [1.82, 2.24) is 4.90 Å². The predicted molar refractivity (Wildman–Crippen MR) is 153 cm³/mol. The van der Waals surface area contributed by atoms with Crippen molar-refractivity contribution >= 4 is 10.8 Å². The molecule has 0 aliphatic carbocycles. The fourth-order valence-electron chi connectivity index (χ4n) is 5.32. The van der Waals surface area contributed by atoms with Gasteiger partial charge in [0.05, 0.1) is 6.10 Å². The summed E-state index contributed by atoms with van der Waals surface area (Å²) in [5, 5.41) is 22.0. The topological polar surface area (TPSA) is 62.2 Å². The third-order valence-electron chi connectivity index (χ3n) is 7.20. The summed E-state index contributed by atoms with van der Waals surface area (Å²) in [6, 6.07) is 25.0. The second kappa shape index (κ2) is 11.9. The molecule has 0 radical (unpaired) electrons. The van der Waals surface area contributed by atoms with Crippen LogP contribution in [0.5, 0.6) is 17.2 Å². The van der Waals surface area contributed by atoms with Crippen LogP contribution in [0.2, 0.25) is 0 Å². The number of rotatable bonds is 9. The van der Waals surface area contributed by atoms with Crippen LogP contribution in [0.1, 0.15) is 50.3 Å². The number of piperidine rings is 1. The maximum atomic E-state index is 10.1. The van der Waals surface area contributed by atoms with Crippen LogP contribution in [0.4, 0.5) is 0 Å². The molecule has 0 bridgehead atoms. The highest BCUT2D eigenvalue weighted by atomic mass is 16.5. The molecular formula is C33H37NO4. The number of hydrogen-bond acceptors (Lipinski definition) is 5. The van der Waals surface area contributed by atoms with Gasteiger partial charge in [0.2, 0.25) is 0 Å². The molecule has 198 valence electrons. The first kappa shape index (κ1) is 26.1. The molecule has 1 saturated heterocycles. The lowest BCUT2D eigenvalue weighted by Gasteiger charge is -2.27. The Kier molecular flexibility index (Phi) is 8.16. The normalized spacial score (nSPS) is 15.1. The van der Waals surface area contributed by atoms with Gasteiger partial charge in [-0.25, -0.2) is 0 Å². The number of ether oxygens (including phenoxy) is 2. The maximum absolute atomic E-state index is 10.1. The van der Waals surface area contributed by atoms with Gasteiger partial charge in [-0.2, -0.15) is 0 Å². The minimum absolute atomic E-state index is 0.0134. The Morgan fingerprint density at radius 3 is 2.21 bits per heavy atom. The molecule has 38 heavy (non-hydrogen) atoms. The van der Waals surface area contributed by atoms with Crippen molar-refractivity contribution in [3.05, 3.63) is 90.0 Å². The molecule has 5 nitrogen and oxygen atoms in total. The Morgan fingerprint density at radius 1 is 0.789 bits per heavy atom. The summed E-state index contributed by atoms with van der Waals surface area (Å²) in [5.41, 5.74) is 4.07. The quantitative estimate of drug-likeness (QED) is 0.247. The summed E-state index contributed by atoms with van der Waals surface area (Å²) < 4.78 is 12.7. The number of phenols is 2.